The van der Waals surface area contributed by atoms with Crippen LogP contribution >= 0.6 is 0 Å². The van der Waals surface area contributed by atoms with Gasteiger partial charge >= 0.3 is 5.97 Å². The van der Waals surface area contributed by atoms with Gasteiger partial charge in [-0.2, -0.15) is 0 Å². The van der Waals surface area contributed by atoms with Crippen LogP contribution < -0.4 is 4.74 Å². The van der Waals surface area contributed by atoms with E-state index in [2.05, 4.69) is 49.4 Å². The molecule has 1 unspecified atom stereocenters. The number of rotatable bonds is 11. The number of nitrogens with zero attached hydrogens (tertiary/aromatic N) is 3. The molecule has 232 valence electrons. The third-order valence-electron chi connectivity index (χ3n) is 7.35. The van der Waals surface area contributed by atoms with Crippen LogP contribution in [0.5, 0.6) is 11.5 Å². The van der Waals surface area contributed by atoms with E-state index in [-0.39, 0.29) is 12.4 Å². The largest absolute Gasteiger partial charge is 0.507 e. The number of phenols is 1. The fourth-order valence-electron chi connectivity index (χ4n) is 4.90. The zero-order valence-corrected chi connectivity index (χ0v) is 26.5. The summed E-state index contributed by atoms with van der Waals surface area (Å²) in [6, 6.07) is 31.1. The van der Waals surface area contributed by atoms with Crippen molar-refractivity contribution in [2.24, 2.45) is 0 Å². The molecular formula is C39H37N3O4. The first-order valence-electron chi connectivity index (χ1n) is 15.4. The standard InChI is InChI=1S/C39H37N3O4/c1-5-8-12-27(6-2)29-15-19-31(20-16-29)36-40-37(32-21-17-30(18-22-32)28-13-10-9-11-14-28)42-38(41-36)34-24-23-33(25-35(34)43)46-26(4)39(44)45-7-3/h6,8-26,43H,5,7H2,1-4H3/b12-8-,27-6+. The van der Waals surface area contributed by atoms with Crippen molar-refractivity contribution in [3.63, 3.8) is 0 Å². The summed E-state index contributed by atoms with van der Waals surface area (Å²) in [4.78, 5) is 26.5. The van der Waals surface area contributed by atoms with Crippen LogP contribution in [0.25, 0.3) is 50.9 Å². The number of hydrogen-bond donors (Lipinski definition) is 1. The molecule has 1 aromatic heterocycles. The van der Waals surface area contributed by atoms with Crippen LogP contribution in [0.1, 0.15) is 39.7 Å². The minimum Gasteiger partial charge on any atom is -0.507 e. The predicted molar refractivity (Wildman–Crippen MR) is 183 cm³/mol. The molecule has 0 aliphatic carbocycles. The Hall–Kier alpha value is -5.56. The molecule has 0 amide bonds. The van der Waals surface area contributed by atoms with Gasteiger partial charge in [0.2, 0.25) is 0 Å². The third kappa shape index (κ3) is 7.56. The molecule has 1 heterocycles. The molecule has 0 saturated heterocycles. The zero-order chi connectivity index (χ0) is 32.5. The average Bonchev–Trinajstić information content (AvgIpc) is 3.09. The summed E-state index contributed by atoms with van der Waals surface area (Å²) < 4.78 is 10.7. The van der Waals surface area contributed by atoms with Crippen molar-refractivity contribution in [1.82, 2.24) is 15.0 Å². The fourth-order valence-corrected chi connectivity index (χ4v) is 4.90. The van der Waals surface area contributed by atoms with Gasteiger partial charge in [0, 0.05) is 17.2 Å². The van der Waals surface area contributed by atoms with Crippen LogP contribution in [0.2, 0.25) is 0 Å². The quantitative estimate of drug-likeness (QED) is 0.118. The molecule has 7 heteroatoms. The Bertz CT molecular complexity index is 1850. The number of aromatic hydroxyl groups is 1. The molecule has 0 spiro atoms. The van der Waals surface area contributed by atoms with E-state index in [1.165, 1.54) is 6.07 Å². The number of carbonyl (C=O) groups is 1. The summed E-state index contributed by atoms with van der Waals surface area (Å²) in [5, 5.41) is 11.1. The second-order valence-electron chi connectivity index (χ2n) is 10.6. The lowest BCUT2D eigenvalue weighted by Crippen LogP contribution is -2.26. The van der Waals surface area contributed by atoms with E-state index >= 15 is 0 Å². The van der Waals surface area contributed by atoms with Crippen LogP contribution in [-0.4, -0.2) is 38.7 Å². The number of allylic oxidation sites excluding steroid dienone is 4. The summed E-state index contributed by atoms with van der Waals surface area (Å²) in [5.74, 6) is 0.996. The molecule has 1 N–H and O–H groups in total. The van der Waals surface area contributed by atoms with Gasteiger partial charge in [0.05, 0.1) is 12.2 Å². The van der Waals surface area contributed by atoms with Gasteiger partial charge in [0.1, 0.15) is 11.5 Å². The van der Waals surface area contributed by atoms with Gasteiger partial charge in [-0.3, -0.25) is 0 Å². The van der Waals surface area contributed by atoms with Gasteiger partial charge < -0.3 is 14.6 Å². The number of phenolic OH excluding ortho intramolecular Hbond substituents is 1. The minimum atomic E-state index is -0.831. The van der Waals surface area contributed by atoms with Crippen molar-refractivity contribution in [2.45, 2.75) is 40.2 Å². The lowest BCUT2D eigenvalue weighted by Gasteiger charge is -2.14. The molecule has 0 aliphatic rings. The molecule has 5 rings (SSSR count). The molecule has 0 fully saturated rings. The van der Waals surface area contributed by atoms with Crippen molar-refractivity contribution < 1.29 is 19.4 Å². The van der Waals surface area contributed by atoms with Gasteiger partial charge in [0.25, 0.3) is 0 Å². The Kier molecular flexibility index (Phi) is 10.4. The summed E-state index contributed by atoms with van der Waals surface area (Å²) in [7, 11) is 0. The molecule has 46 heavy (non-hydrogen) atoms. The van der Waals surface area contributed by atoms with Crippen molar-refractivity contribution in [1.29, 1.82) is 0 Å². The van der Waals surface area contributed by atoms with Crippen molar-refractivity contribution in [2.75, 3.05) is 6.61 Å². The number of esters is 1. The highest BCUT2D eigenvalue weighted by Crippen LogP contribution is 2.34. The number of ether oxygens (including phenoxy) is 2. The fraction of sp³-hybridized carbons (Fsp3) is 0.179. The van der Waals surface area contributed by atoms with E-state index in [4.69, 9.17) is 24.4 Å². The van der Waals surface area contributed by atoms with Crippen molar-refractivity contribution in [3.05, 3.63) is 121 Å². The lowest BCUT2D eigenvalue weighted by molar-refractivity contribution is -0.150. The molecule has 4 aromatic carbocycles. The molecule has 0 aliphatic heterocycles. The van der Waals surface area contributed by atoms with Gasteiger partial charge in [-0.05, 0) is 61.6 Å². The highest BCUT2D eigenvalue weighted by atomic mass is 16.6. The summed E-state index contributed by atoms with van der Waals surface area (Å²) in [6.07, 6.45) is 6.47. The van der Waals surface area contributed by atoms with Gasteiger partial charge in [-0.15, -0.1) is 0 Å². The van der Waals surface area contributed by atoms with Gasteiger partial charge in [0.15, 0.2) is 23.6 Å². The second-order valence-corrected chi connectivity index (χ2v) is 10.6. The van der Waals surface area contributed by atoms with E-state index in [0.29, 0.717) is 28.8 Å². The molecule has 5 aromatic rings. The van der Waals surface area contributed by atoms with Crippen LogP contribution in [0.4, 0.5) is 0 Å². The number of benzene rings is 4. The van der Waals surface area contributed by atoms with E-state index in [0.717, 1.165) is 39.8 Å². The molecular weight excluding hydrogens is 574 g/mol. The maximum absolute atomic E-state index is 12.0. The minimum absolute atomic E-state index is 0.0909. The molecule has 0 radical (unpaired) electrons. The van der Waals surface area contributed by atoms with E-state index < -0.39 is 12.1 Å². The Balaban J connectivity index is 1.54. The zero-order valence-electron chi connectivity index (χ0n) is 26.5. The first kappa shape index (κ1) is 31.9. The maximum atomic E-state index is 12.0. The number of carbonyl (C=O) groups excluding carboxylic acids is 1. The van der Waals surface area contributed by atoms with Crippen LogP contribution in [0.3, 0.4) is 0 Å². The second kappa shape index (κ2) is 14.9. The lowest BCUT2D eigenvalue weighted by atomic mass is 10.0. The summed E-state index contributed by atoms with van der Waals surface area (Å²) >= 11 is 0. The Morgan fingerprint density at radius 1 is 0.783 bits per heavy atom. The van der Waals surface area contributed by atoms with E-state index in [9.17, 15) is 9.90 Å². The number of hydrogen-bond acceptors (Lipinski definition) is 7. The highest BCUT2D eigenvalue weighted by molar-refractivity contribution is 5.77. The smallest absolute Gasteiger partial charge is 0.347 e. The summed E-state index contributed by atoms with van der Waals surface area (Å²) in [5.41, 5.74) is 6.44. The normalized spacial score (nSPS) is 12.2. The molecule has 0 bridgehead atoms. The van der Waals surface area contributed by atoms with Gasteiger partial charge in [-0.25, -0.2) is 19.7 Å². The van der Waals surface area contributed by atoms with Crippen molar-refractivity contribution >= 4 is 11.5 Å². The Labute approximate surface area is 270 Å². The molecule has 7 nitrogen and oxygen atoms in total. The highest BCUT2D eigenvalue weighted by Gasteiger charge is 2.19. The average molecular weight is 612 g/mol. The van der Waals surface area contributed by atoms with Crippen LogP contribution in [-0.2, 0) is 9.53 Å². The molecule has 0 saturated carbocycles. The predicted octanol–water partition coefficient (Wildman–Crippen LogP) is 8.95. The van der Waals surface area contributed by atoms with Crippen molar-refractivity contribution in [3.8, 4) is 56.8 Å². The Morgan fingerprint density at radius 3 is 1.96 bits per heavy atom. The third-order valence-corrected chi connectivity index (χ3v) is 7.35. The van der Waals surface area contributed by atoms with Gasteiger partial charge in [-0.1, -0.05) is 104 Å². The van der Waals surface area contributed by atoms with E-state index in [1.807, 2.05) is 61.5 Å². The Morgan fingerprint density at radius 2 is 1.37 bits per heavy atom. The topological polar surface area (TPSA) is 94.4 Å². The number of aromatic nitrogens is 3. The van der Waals surface area contributed by atoms with E-state index in [1.54, 1.807) is 26.0 Å². The maximum Gasteiger partial charge on any atom is 0.347 e. The summed E-state index contributed by atoms with van der Waals surface area (Å²) in [6.45, 7) is 7.72. The SMILES string of the molecule is C/C=C(\C=C/CC)c1ccc(-c2nc(-c3ccc(-c4ccccc4)cc3)nc(-c3ccc(OC(C)C(=O)OCC)cc3O)n2)cc1. The molecule has 1 atom stereocenters. The first-order valence-corrected chi connectivity index (χ1v) is 15.4. The van der Waals surface area contributed by atoms with Crippen LogP contribution in [0.15, 0.2) is 115 Å². The van der Waals surface area contributed by atoms with Crippen LogP contribution in [0, 0.1) is 0 Å². The monoisotopic (exact) mass is 611 g/mol. The first-order chi connectivity index (χ1) is 22.4.